The summed E-state index contributed by atoms with van der Waals surface area (Å²) in [7, 11) is 0. The minimum absolute atomic E-state index is 0.160. The van der Waals surface area contributed by atoms with Gasteiger partial charge in [0.25, 0.3) is 0 Å². The van der Waals surface area contributed by atoms with Gasteiger partial charge >= 0.3 is 0 Å². The molecular formula is C14H19N3O. The van der Waals surface area contributed by atoms with E-state index >= 15 is 0 Å². The second kappa shape index (κ2) is 6.18. The molecule has 3 N–H and O–H groups in total. The molecule has 0 aliphatic heterocycles. The number of carbonyl (C=O) groups excluding carboxylic acids is 1. The van der Waals surface area contributed by atoms with E-state index in [1.807, 2.05) is 13.0 Å². The number of nitriles is 1. The average molecular weight is 245 g/mol. The first-order valence-electron chi connectivity index (χ1n) is 6.06. The van der Waals surface area contributed by atoms with Crippen LogP contribution in [0.4, 0.5) is 0 Å². The maximum absolute atomic E-state index is 11.9. The van der Waals surface area contributed by atoms with Gasteiger partial charge in [0, 0.05) is 6.54 Å². The highest BCUT2D eigenvalue weighted by atomic mass is 16.2. The smallest absolute Gasteiger partial charge is 0.240 e. The molecule has 0 fully saturated rings. The molecule has 1 amide bonds. The molecule has 4 heteroatoms. The van der Waals surface area contributed by atoms with Gasteiger partial charge in [0.15, 0.2) is 0 Å². The van der Waals surface area contributed by atoms with E-state index in [-0.39, 0.29) is 5.91 Å². The number of carbonyl (C=O) groups is 1. The summed E-state index contributed by atoms with van der Waals surface area (Å²) in [4.78, 5) is 11.9. The number of rotatable bonds is 5. The number of nitrogens with one attached hydrogen (secondary N) is 1. The summed E-state index contributed by atoms with van der Waals surface area (Å²) in [6.07, 6.45) is 1.52. The molecule has 1 rings (SSSR count). The third-order valence-electron chi connectivity index (χ3n) is 2.80. The fourth-order valence-electron chi connectivity index (χ4n) is 1.77. The Morgan fingerprint density at radius 2 is 2.28 bits per heavy atom. The molecule has 4 nitrogen and oxygen atoms in total. The van der Waals surface area contributed by atoms with Crippen molar-refractivity contribution in [2.24, 2.45) is 5.73 Å². The van der Waals surface area contributed by atoms with Crippen molar-refractivity contribution >= 4 is 5.91 Å². The maximum Gasteiger partial charge on any atom is 0.240 e. The summed E-state index contributed by atoms with van der Waals surface area (Å²) in [6, 6.07) is 9.23. The maximum atomic E-state index is 11.9. The highest BCUT2D eigenvalue weighted by Gasteiger charge is 2.26. The molecule has 18 heavy (non-hydrogen) atoms. The second-order valence-corrected chi connectivity index (χ2v) is 4.66. The lowest BCUT2D eigenvalue weighted by Gasteiger charge is -2.22. The number of benzene rings is 1. The summed E-state index contributed by atoms with van der Waals surface area (Å²) >= 11 is 0. The van der Waals surface area contributed by atoms with Gasteiger partial charge in [-0.1, -0.05) is 25.5 Å². The molecule has 0 heterocycles. The molecule has 0 aliphatic carbocycles. The zero-order chi connectivity index (χ0) is 13.6. The summed E-state index contributed by atoms with van der Waals surface area (Å²) in [5.74, 6) is -0.160. The Kier molecular flexibility index (Phi) is 4.87. The van der Waals surface area contributed by atoms with Crippen molar-refractivity contribution < 1.29 is 4.79 Å². The zero-order valence-corrected chi connectivity index (χ0v) is 10.9. The highest BCUT2D eigenvalue weighted by molar-refractivity contribution is 5.85. The first kappa shape index (κ1) is 14.2. The van der Waals surface area contributed by atoms with Crippen LogP contribution in [0.2, 0.25) is 0 Å². The lowest BCUT2D eigenvalue weighted by Crippen LogP contribution is -2.51. The Labute approximate surface area is 108 Å². The van der Waals surface area contributed by atoms with Gasteiger partial charge < -0.3 is 11.1 Å². The van der Waals surface area contributed by atoms with Crippen molar-refractivity contribution in [3.8, 4) is 6.07 Å². The Morgan fingerprint density at radius 1 is 1.56 bits per heavy atom. The van der Waals surface area contributed by atoms with Crippen molar-refractivity contribution in [1.82, 2.24) is 5.32 Å². The van der Waals surface area contributed by atoms with Gasteiger partial charge in [-0.2, -0.15) is 5.26 Å². The molecule has 0 saturated heterocycles. The molecular weight excluding hydrogens is 226 g/mol. The fourth-order valence-corrected chi connectivity index (χ4v) is 1.77. The first-order chi connectivity index (χ1) is 8.49. The normalized spacial score (nSPS) is 13.4. The van der Waals surface area contributed by atoms with Crippen LogP contribution in [0.5, 0.6) is 0 Å². The van der Waals surface area contributed by atoms with Crippen LogP contribution in [0.3, 0.4) is 0 Å². The van der Waals surface area contributed by atoms with Crippen LogP contribution < -0.4 is 11.1 Å². The van der Waals surface area contributed by atoms with E-state index in [4.69, 9.17) is 11.0 Å². The molecule has 0 bridgehead atoms. The van der Waals surface area contributed by atoms with Crippen LogP contribution in [-0.4, -0.2) is 11.4 Å². The lowest BCUT2D eigenvalue weighted by molar-refractivity contribution is -0.126. The Hall–Kier alpha value is -1.86. The quantitative estimate of drug-likeness (QED) is 0.828. The standard InChI is InChI=1S/C14H19N3O/c1-3-7-14(2,16)13(18)17-10-12-6-4-5-11(8-12)9-15/h4-6,8H,3,7,10,16H2,1-2H3,(H,17,18). The van der Waals surface area contributed by atoms with Gasteiger partial charge in [0.2, 0.25) is 5.91 Å². The highest BCUT2D eigenvalue weighted by Crippen LogP contribution is 2.09. The van der Waals surface area contributed by atoms with Crippen LogP contribution in [0, 0.1) is 11.3 Å². The summed E-state index contributed by atoms with van der Waals surface area (Å²) in [5, 5.41) is 11.6. The number of hydrogen-bond donors (Lipinski definition) is 2. The molecule has 1 aromatic rings. The minimum atomic E-state index is -0.832. The van der Waals surface area contributed by atoms with Crippen LogP contribution in [0.15, 0.2) is 24.3 Å². The van der Waals surface area contributed by atoms with E-state index in [9.17, 15) is 4.79 Å². The van der Waals surface area contributed by atoms with Crippen LogP contribution in [0.1, 0.15) is 37.8 Å². The third-order valence-corrected chi connectivity index (χ3v) is 2.80. The predicted molar refractivity (Wildman–Crippen MR) is 70.5 cm³/mol. The fraction of sp³-hybridized carbons (Fsp3) is 0.429. The average Bonchev–Trinajstić information content (AvgIpc) is 2.36. The van der Waals surface area contributed by atoms with Crippen molar-refractivity contribution in [2.45, 2.75) is 38.8 Å². The van der Waals surface area contributed by atoms with Gasteiger partial charge in [0.1, 0.15) is 0 Å². The van der Waals surface area contributed by atoms with Gasteiger partial charge in [0.05, 0.1) is 17.2 Å². The van der Waals surface area contributed by atoms with E-state index in [0.717, 1.165) is 12.0 Å². The van der Waals surface area contributed by atoms with E-state index in [1.165, 1.54) is 0 Å². The molecule has 0 saturated carbocycles. The van der Waals surface area contributed by atoms with Gasteiger partial charge in [-0.3, -0.25) is 4.79 Å². The van der Waals surface area contributed by atoms with E-state index in [1.54, 1.807) is 25.1 Å². The molecule has 0 spiro atoms. The SMILES string of the molecule is CCCC(C)(N)C(=O)NCc1cccc(C#N)c1. The Morgan fingerprint density at radius 3 is 2.89 bits per heavy atom. The third kappa shape index (κ3) is 3.86. The zero-order valence-electron chi connectivity index (χ0n) is 10.9. The van der Waals surface area contributed by atoms with Crippen molar-refractivity contribution in [3.05, 3.63) is 35.4 Å². The summed E-state index contributed by atoms with van der Waals surface area (Å²) in [6.45, 7) is 4.12. The molecule has 1 atom stereocenters. The van der Waals surface area contributed by atoms with Crippen molar-refractivity contribution in [3.63, 3.8) is 0 Å². The van der Waals surface area contributed by atoms with Crippen LogP contribution in [-0.2, 0) is 11.3 Å². The number of amides is 1. The molecule has 1 aromatic carbocycles. The molecule has 0 aromatic heterocycles. The summed E-state index contributed by atoms with van der Waals surface area (Å²) < 4.78 is 0. The molecule has 0 radical (unpaired) electrons. The lowest BCUT2D eigenvalue weighted by atomic mass is 9.96. The van der Waals surface area contributed by atoms with Gasteiger partial charge in [-0.15, -0.1) is 0 Å². The Balaban J connectivity index is 2.60. The minimum Gasteiger partial charge on any atom is -0.350 e. The topological polar surface area (TPSA) is 78.9 Å². The van der Waals surface area contributed by atoms with E-state index in [0.29, 0.717) is 18.5 Å². The molecule has 96 valence electrons. The van der Waals surface area contributed by atoms with E-state index in [2.05, 4.69) is 11.4 Å². The number of nitrogens with zero attached hydrogens (tertiary/aromatic N) is 1. The van der Waals surface area contributed by atoms with Gasteiger partial charge in [-0.05, 0) is 31.0 Å². The largest absolute Gasteiger partial charge is 0.350 e. The van der Waals surface area contributed by atoms with E-state index < -0.39 is 5.54 Å². The summed E-state index contributed by atoms with van der Waals surface area (Å²) in [5.41, 5.74) is 6.58. The predicted octanol–water partition coefficient (Wildman–Crippen LogP) is 1.69. The second-order valence-electron chi connectivity index (χ2n) is 4.66. The van der Waals surface area contributed by atoms with Crippen LogP contribution >= 0.6 is 0 Å². The first-order valence-corrected chi connectivity index (χ1v) is 6.06. The van der Waals surface area contributed by atoms with Crippen molar-refractivity contribution in [1.29, 1.82) is 5.26 Å². The molecule has 1 unspecified atom stereocenters. The monoisotopic (exact) mass is 245 g/mol. The van der Waals surface area contributed by atoms with Crippen molar-refractivity contribution in [2.75, 3.05) is 0 Å². The number of hydrogen-bond acceptors (Lipinski definition) is 3. The molecule has 0 aliphatic rings. The van der Waals surface area contributed by atoms with Gasteiger partial charge in [-0.25, -0.2) is 0 Å². The van der Waals surface area contributed by atoms with Crippen LogP contribution in [0.25, 0.3) is 0 Å². The Bertz CT molecular complexity index is 460. The number of nitrogens with two attached hydrogens (primary N) is 1.